The molecule has 0 saturated carbocycles. The molecule has 2 aromatic rings. The maximum atomic E-state index is 13.5. The molecule has 3 heterocycles. The second kappa shape index (κ2) is 11.8. The van der Waals surface area contributed by atoms with Crippen LogP contribution < -0.4 is 4.74 Å². The molecule has 1 aliphatic rings. The monoisotopic (exact) mass is 478 g/mol. The van der Waals surface area contributed by atoms with Crippen molar-refractivity contribution in [1.82, 2.24) is 19.8 Å². The van der Waals surface area contributed by atoms with E-state index in [0.717, 1.165) is 6.42 Å². The number of hydrogen-bond acceptors (Lipinski definition) is 6. The van der Waals surface area contributed by atoms with Crippen LogP contribution in [0.2, 0.25) is 0 Å². The maximum absolute atomic E-state index is 13.5. The van der Waals surface area contributed by atoms with Crippen LogP contribution >= 0.6 is 0 Å². The van der Waals surface area contributed by atoms with Gasteiger partial charge < -0.3 is 19.6 Å². The molecule has 186 valence electrons. The molecular weight excluding hydrogens is 444 g/mol. The average Bonchev–Trinajstić information content (AvgIpc) is 2.85. The zero-order valence-corrected chi connectivity index (χ0v) is 21.1. The van der Waals surface area contributed by atoms with E-state index in [1.807, 2.05) is 6.92 Å². The van der Waals surface area contributed by atoms with Gasteiger partial charge in [-0.2, -0.15) is 0 Å². The van der Waals surface area contributed by atoms with Crippen LogP contribution in [0.1, 0.15) is 60.4 Å². The lowest BCUT2D eigenvalue weighted by Crippen LogP contribution is -2.50. The van der Waals surface area contributed by atoms with Gasteiger partial charge in [0.25, 0.3) is 11.8 Å². The summed E-state index contributed by atoms with van der Waals surface area (Å²) in [4.78, 5) is 38.1. The highest BCUT2D eigenvalue weighted by molar-refractivity contribution is 5.97. The van der Waals surface area contributed by atoms with E-state index < -0.39 is 6.10 Å². The van der Waals surface area contributed by atoms with Gasteiger partial charge >= 0.3 is 0 Å². The van der Waals surface area contributed by atoms with Crippen LogP contribution in [0.15, 0.2) is 36.8 Å². The van der Waals surface area contributed by atoms with Gasteiger partial charge in [0.05, 0.1) is 24.8 Å². The fourth-order valence-corrected chi connectivity index (χ4v) is 3.81. The van der Waals surface area contributed by atoms with Crippen molar-refractivity contribution in [2.45, 2.75) is 46.3 Å². The van der Waals surface area contributed by atoms with Crippen molar-refractivity contribution in [3.63, 3.8) is 0 Å². The third kappa shape index (κ3) is 6.58. The molecule has 1 N–H and O–H groups in total. The van der Waals surface area contributed by atoms with Crippen molar-refractivity contribution in [1.29, 1.82) is 0 Å². The Bertz CT molecular complexity index is 1090. The minimum Gasteiger partial charge on any atom is -0.472 e. The Kier molecular flexibility index (Phi) is 8.83. The summed E-state index contributed by atoms with van der Waals surface area (Å²) in [7, 11) is 1.71. The van der Waals surface area contributed by atoms with Crippen LogP contribution in [0.3, 0.4) is 0 Å². The molecule has 0 bridgehead atoms. The van der Waals surface area contributed by atoms with E-state index in [9.17, 15) is 14.7 Å². The number of nitrogens with zero attached hydrogens (tertiary/aromatic N) is 4. The Balaban J connectivity index is 1.93. The average molecular weight is 479 g/mol. The highest BCUT2D eigenvalue weighted by Gasteiger charge is 2.34. The van der Waals surface area contributed by atoms with Crippen molar-refractivity contribution >= 4 is 11.8 Å². The molecular formula is C27H34N4O4. The molecule has 35 heavy (non-hydrogen) atoms. The number of fused-ring (bicyclic) bond motifs is 1. The lowest BCUT2D eigenvalue weighted by atomic mass is 9.99. The Hall–Kier alpha value is -3.44. The van der Waals surface area contributed by atoms with Gasteiger partial charge in [-0.15, -0.1) is 0 Å². The molecule has 0 fully saturated rings. The smallest absolute Gasteiger partial charge is 0.259 e. The summed E-state index contributed by atoms with van der Waals surface area (Å²) >= 11 is 0. The molecule has 0 aliphatic carbocycles. The zero-order valence-electron chi connectivity index (χ0n) is 21.1. The van der Waals surface area contributed by atoms with Crippen LogP contribution in [-0.4, -0.2) is 75.6 Å². The number of rotatable bonds is 6. The third-order valence-corrected chi connectivity index (χ3v) is 5.97. The number of pyridine rings is 2. The van der Waals surface area contributed by atoms with Crippen molar-refractivity contribution in [3.05, 3.63) is 53.5 Å². The first-order valence-corrected chi connectivity index (χ1v) is 11.9. The third-order valence-electron chi connectivity index (χ3n) is 5.97. The zero-order chi connectivity index (χ0) is 25.5. The molecule has 3 rings (SSSR count). The molecule has 1 aliphatic heterocycles. The molecule has 3 atom stereocenters. The van der Waals surface area contributed by atoms with Gasteiger partial charge in [0.15, 0.2) is 0 Å². The van der Waals surface area contributed by atoms with Crippen molar-refractivity contribution < 1.29 is 19.4 Å². The van der Waals surface area contributed by atoms with E-state index in [4.69, 9.17) is 4.74 Å². The number of likely N-dealkylation sites (N-methyl/N-ethyl adjacent to an activating group) is 1. The number of carbonyl (C=O) groups is 2. The van der Waals surface area contributed by atoms with Crippen molar-refractivity contribution in [2.75, 3.05) is 26.7 Å². The Morgan fingerprint density at radius 3 is 2.77 bits per heavy atom. The van der Waals surface area contributed by atoms with E-state index in [2.05, 4.69) is 35.7 Å². The fraction of sp³-hybridized carbons (Fsp3) is 0.481. The summed E-state index contributed by atoms with van der Waals surface area (Å²) in [6, 6.07) is 4.75. The van der Waals surface area contributed by atoms with Crippen LogP contribution in [0.5, 0.6) is 5.88 Å². The summed E-state index contributed by atoms with van der Waals surface area (Å²) in [6.45, 7) is 8.45. The molecule has 0 aromatic carbocycles. The largest absolute Gasteiger partial charge is 0.472 e. The first-order chi connectivity index (χ1) is 16.7. The second-order valence-corrected chi connectivity index (χ2v) is 9.53. The summed E-state index contributed by atoms with van der Waals surface area (Å²) in [6.07, 6.45) is 5.07. The lowest BCUT2D eigenvalue weighted by Gasteiger charge is -2.37. The molecule has 8 heteroatoms. The van der Waals surface area contributed by atoms with E-state index in [0.29, 0.717) is 35.7 Å². The Morgan fingerprint density at radius 1 is 1.34 bits per heavy atom. The second-order valence-electron chi connectivity index (χ2n) is 9.53. The predicted octanol–water partition coefficient (Wildman–Crippen LogP) is 2.87. The standard InChI is InChI=1S/C27H34N4O4/c1-18(2)8-6-9-21-12-23-25(29-13-21)35-24(19(3)15-31(27(23)34)20(4)17-32)16-30(5)26(33)22-10-7-11-28-14-22/h7,10-14,18-20,24,32H,8,15-17H2,1-5H3/t19-,20+,24+/m0/s1. The molecule has 2 amide bonds. The molecule has 2 aromatic heterocycles. The minimum atomic E-state index is -0.425. The molecule has 0 spiro atoms. The lowest BCUT2D eigenvalue weighted by molar-refractivity contribution is 0.0313. The van der Waals surface area contributed by atoms with Gasteiger partial charge in [0.1, 0.15) is 11.7 Å². The van der Waals surface area contributed by atoms with E-state index in [1.54, 1.807) is 54.4 Å². The molecule has 0 unspecified atom stereocenters. The fourth-order valence-electron chi connectivity index (χ4n) is 3.81. The van der Waals surface area contributed by atoms with Gasteiger partial charge in [0.2, 0.25) is 5.88 Å². The van der Waals surface area contributed by atoms with Gasteiger partial charge in [-0.05, 0) is 31.0 Å². The SMILES string of the molecule is CC(C)CC#Cc1cnc2c(c1)C(=O)N([C@H](C)CO)C[C@H](C)[C@@H](CN(C)C(=O)c1cccnc1)O2. The highest BCUT2D eigenvalue weighted by atomic mass is 16.5. The first kappa shape index (κ1) is 26.2. The van der Waals surface area contributed by atoms with Gasteiger partial charge in [0, 0.05) is 50.1 Å². The van der Waals surface area contributed by atoms with Crippen molar-refractivity contribution in [2.24, 2.45) is 11.8 Å². The Morgan fingerprint density at radius 2 is 2.11 bits per heavy atom. The van der Waals surface area contributed by atoms with E-state index in [1.165, 1.54) is 6.20 Å². The number of ether oxygens (including phenoxy) is 1. The molecule has 8 nitrogen and oxygen atoms in total. The predicted molar refractivity (Wildman–Crippen MR) is 133 cm³/mol. The highest BCUT2D eigenvalue weighted by Crippen LogP contribution is 2.27. The van der Waals surface area contributed by atoms with Crippen LogP contribution in [0.25, 0.3) is 0 Å². The van der Waals surface area contributed by atoms with Crippen LogP contribution in [0, 0.1) is 23.7 Å². The van der Waals surface area contributed by atoms with Gasteiger partial charge in [-0.25, -0.2) is 4.98 Å². The number of aliphatic hydroxyl groups is 1. The number of aliphatic hydroxyl groups excluding tert-OH is 1. The van der Waals surface area contributed by atoms with E-state index in [-0.39, 0.29) is 36.3 Å². The molecule has 0 saturated heterocycles. The van der Waals surface area contributed by atoms with Gasteiger partial charge in [-0.1, -0.05) is 32.6 Å². The summed E-state index contributed by atoms with van der Waals surface area (Å²) in [5.41, 5.74) is 1.43. The van der Waals surface area contributed by atoms with Crippen molar-refractivity contribution in [3.8, 4) is 17.7 Å². The quantitative estimate of drug-likeness (QED) is 0.642. The topological polar surface area (TPSA) is 95.9 Å². The van der Waals surface area contributed by atoms with E-state index >= 15 is 0 Å². The number of carbonyl (C=O) groups excluding carboxylic acids is 2. The first-order valence-electron chi connectivity index (χ1n) is 11.9. The number of amides is 2. The maximum Gasteiger partial charge on any atom is 0.259 e. The van der Waals surface area contributed by atoms with Crippen LogP contribution in [-0.2, 0) is 0 Å². The van der Waals surface area contributed by atoms with Crippen LogP contribution in [0.4, 0.5) is 0 Å². The van der Waals surface area contributed by atoms with Gasteiger partial charge in [-0.3, -0.25) is 14.6 Å². The summed E-state index contributed by atoms with van der Waals surface area (Å²) in [5, 5.41) is 9.81. The molecule has 0 radical (unpaired) electrons. The summed E-state index contributed by atoms with van der Waals surface area (Å²) in [5.74, 6) is 6.30. The number of hydrogen-bond donors (Lipinski definition) is 1. The number of aromatic nitrogens is 2. The normalized spacial score (nSPS) is 18.5. The minimum absolute atomic E-state index is 0.127. The Labute approximate surface area is 207 Å². The summed E-state index contributed by atoms with van der Waals surface area (Å²) < 4.78 is 6.26.